The summed E-state index contributed by atoms with van der Waals surface area (Å²) in [4.78, 5) is 26.0. The average Bonchev–Trinajstić information content (AvgIpc) is 3.27. The number of rotatable bonds is 6. The minimum atomic E-state index is -1.06. The van der Waals surface area contributed by atoms with Gasteiger partial charge in [0, 0.05) is 16.3 Å². The van der Waals surface area contributed by atoms with Crippen molar-refractivity contribution in [2.75, 3.05) is 5.32 Å². The monoisotopic (exact) mass is 400 g/mol. The van der Waals surface area contributed by atoms with E-state index in [1.54, 1.807) is 23.5 Å². The molecule has 2 aromatic heterocycles. The Morgan fingerprint density at radius 1 is 1.21 bits per heavy atom. The molecule has 3 aromatic rings. The van der Waals surface area contributed by atoms with E-state index in [1.165, 1.54) is 30.0 Å². The minimum Gasteiger partial charge on any atom is -0.449 e. The topological polar surface area (TPSA) is 60.3 Å². The Labute approximate surface area is 166 Å². The number of aryl methyl sites for hydroxylation is 1. The summed E-state index contributed by atoms with van der Waals surface area (Å²) in [6.45, 7) is 5.90. The van der Waals surface area contributed by atoms with Crippen molar-refractivity contribution < 1.29 is 18.7 Å². The quantitative estimate of drug-likeness (QED) is 0.618. The fourth-order valence-electron chi connectivity index (χ4n) is 2.88. The molecule has 0 unspecified atom stereocenters. The maximum absolute atomic E-state index is 13.7. The van der Waals surface area contributed by atoms with Crippen molar-refractivity contribution in [3.63, 3.8) is 0 Å². The lowest BCUT2D eigenvalue weighted by Crippen LogP contribution is -2.30. The van der Waals surface area contributed by atoms with Gasteiger partial charge in [-0.2, -0.15) is 0 Å². The number of ether oxygens (including phenoxy) is 1. The van der Waals surface area contributed by atoms with Crippen LogP contribution in [-0.4, -0.2) is 22.5 Å². The second-order valence-corrected chi connectivity index (χ2v) is 7.50. The molecule has 146 valence electrons. The molecule has 0 aliphatic rings. The van der Waals surface area contributed by atoms with Crippen LogP contribution in [0.2, 0.25) is 0 Å². The minimum absolute atomic E-state index is 0.0459. The van der Waals surface area contributed by atoms with E-state index in [2.05, 4.69) is 5.32 Å². The third kappa shape index (κ3) is 4.31. The summed E-state index contributed by atoms with van der Waals surface area (Å²) in [5.41, 5.74) is 2.17. The summed E-state index contributed by atoms with van der Waals surface area (Å²) in [6, 6.07) is 11.6. The molecule has 0 bridgehead atoms. The Hall–Kier alpha value is -2.93. The van der Waals surface area contributed by atoms with Crippen molar-refractivity contribution in [2.24, 2.45) is 0 Å². The lowest BCUT2D eigenvalue weighted by Gasteiger charge is -2.14. The molecule has 0 aliphatic heterocycles. The first-order valence-corrected chi connectivity index (χ1v) is 9.70. The molecule has 28 heavy (non-hydrogen) atoms. The van der Waals surface area contributed by atoms with Gasteiger partial charge in [-0.3, -0.25) is 4.79 Å². The SMILES string of the molecule is Cc1cc(C(=O)O[C@@H](C)C(=O)Nc2ccccc2F)c(C)n1Cc1cccs1. The zero-order valence-electron chi connectivity index (χ0n) is 15.9. The number of amides is 1. The van der Waals surface area contributed by atoms with Gasteiger partial charge in [-0.15, -0.1) is 11.3 Å². The number of carbonyl (C=O) groups is 2. The van der Waals surface area contributed by atoms with E-state index in [0.717, 1.165) is 11.4 Å². The molecule has 0 saturated carbocycles. The second-order valence-electron chi connectivity index (χ2n) is 6.47. The molecule has 3 rings (SSSR count). The number of aromatic nitrogens is 1. The molecule has 1 amide bonds. The van der Waals surface area contributed by atoms with Gasteiger partial charge in [-0.25, -0.2) is 9.18 Å². The van der Waals surface area contributed by atoms with Crippen LogP contribution in [0.5, 0.6) is 0 Å². The molecule has 0 fully saturated rings. The van der Waals surface area contributed by atoms with E-state index in [1.807, 2.05) is 35.9 Å². The molecule has 2 heterocycles. The van der Waals surface area contributed by atoms with Crippen LogP contribution in [0.1, 0.15) is 33.5 Å². The first kappa shape index (κ1) is 19.8. The third-order valence-electron chi connectivity index (χ3n) is 4.47. The fraction of sp³-hybridized carbons (Fsp3) is 0.238. The molecule has 0 aliphatic carbocycles. The van der Waals surface area contributed by atoms with Crippen molar-refractivity contribution in [1.82, 2.24) is 4.57 Å². The summed E-state index contributed by atoms with van der Waals surface area (Å²) >= 11 is 1.65. The number of nitrogens with zero attached hydrogens (tertiary/aromatic N) is 1. The van der Waals surface area contributed by atoms with Gasteiger partial charge in [0.1, 0.15) is 5.82 Å². The molecule has 1 aromatic carbocycles. The van der Waals surface area contributed by atoms with Crippen LogP contribution in [0.15, 0.2) is 47.8 Å². The molecule has 1 atom stereocenters. The molecule has 5 nitrogen and oxygen atoms in total. The summed E-state index contributed by atoms with van der Waals surface area (Å²) in [6.07, 6.45) is -1.06. The van der Waals surface area contributed by atoms with Crippen molar-refractivity contribution in [3.8, 4) is 0 Å². The predicted octanol–water partition coefficient (Wildman–Crippen LogP) is 4.54. The van der Waals surface area contributed by atoms with E-state index < -0.39 is 23.8 Å². The summed E-state index contributed by atoms with van der Waals surface area (Å²) in [5.74, 6) is -1.72. The van der Waals surface area contributed by atoms with Crippen LogP contribution < -0.4 is 5.32 Å². The number of carbonyl (C=O) groups excluding carboxylic acids is 2. The highest BCUT2D eigenvalue weighted by molar-refractivity contribution is 7.09. The number of thiophene rings is 1. The highest BCUT2D eigenvalue weighted by Gasteiger charge is 2.23. The zero-order chi connectivity index (χ0) is 20.3. The summed E-state index contributed by atoms with van der Waals surface area (Å²) in [5, 5.41) is 4.44. The molecule has 0 radical (unpaired) electrons. The first-order chi connectivity index (χ1) is 13.4. The molecular formula is C21H21FN2O3S. The van der Waals surface area contributed by atoms with Crippen molar-refractivity contribution in [2.45, 2.75) is 33.4 Å². The van der Waals surface area contributed by atoms with Gasteiger partial charge in [0.15, 0.2) is 6.10 Å². The number of hydrogen-bond acceptors (Lipinski definition) is 4. The first-order valence-electron chi connectivity index (χ1n) is 8.82. The largest absolute Gasteiger partial charge is 0.449 e. The number of hydrogen-bond donors (Lipinski definition) is 1. The number of anilines is 1. The third-order valence-corrected chi connectivity index (χ3v) is 5.33. The maximum atomic E-state index is 13.7. The normalized spacial score (nSPS) is 11.9. The number of halogens is 1. The zero-order valence-corrected chi connectivity index (χ0v) is 16.7. The van der Waals surface area contributed by atoms with Crippen LogP contribution in [0.3, 0.4) is 0 Å². The Morgan fingerprint density at radius 3 is 2.64 bits per heavy atom. The van der Waals surface area contributed by atoms with E-state index in [9.17, 15) is 14.0 Å². The van der Waals surface area contributed by atoms with Crippen LogP contribution in [-0.2, 0) is 16.1 Å². The molecule has 0 saturated heterocycles. The predicted molar refractivity (Wildman–Crippen MR) is 107 cm³/mol. The van der Waals surface area contributed by atoms with E-state index in [0.29, 0.717) is 12.1 Å². The lowest BCUT2D eigenvalue weighted by atomic mass is 10.2. The van der Waals surface area contributed by atoms with Crippen LogP contribution in [0, 0.1) is 19.7 Å². The highest BCUT2D eigenvalue weighted by Crippen LogP contribution is 2.21. The van der Waals surface area contributed by atoms with Crippen LogP contribution >= 0.6 is 11.3 Å². The van der Waals surface area contributed by atoms with Crippen molar-refractivity contribution >= 4 is 28.9 Å². The Balaban J connectivity index is 1.69. The molecular weight excluding hydrogens is 379 g/mol. The average molecular weight is 400 g/mol. The Kier molecular flexibility index (Phi) is 5.94. The van der Waals surface area contributed by atoms with E-state index in [4.69, 9.17) is 4.74 Å². The fourth-order valence-corrected chi connectivity index (χ4v) is 3.58. The van der Waals surface area contributed by atoms with Gasteiger partial charge in [-0.1, -0.05) is 18.2 Å². The standard InChI is InChI=1S/C21H21FN2O3S/c1-13-11-17(14(2)24(13)12-16-7-6-10-28-16)21(26)27-15(3)20(25)23-19-9-5-4-8-18(19)22/h4-11,15H,12H2,1-3H3,(H,23,25)/t15-/m0/s1. The van der Waals surface area contributed by atoms with Crippen LogP contribution in [0.25, 0.3) is 0 Å². The number of benzene rings is 1. The van der Waals surface area contributed by atoms with Crippen molar-refractivity contribution in [1.29, 1.82) is 0 Å². The van der Waals surface area contributed by atoms with Gasteiger partial charge in [0.25, 0.3) is 5.91 Å². The number of para-hydroxylation sites is 1. The van der Waals surface area contributed by atoms with Gasteiger partial charge in [-0.05, 0) is 50.4 Å². The summed E-state index contributed by atoms with van der Waals surface area (Å²) < 4.78 is 21.0. The number of nitrogens with one attached hydrogen (secondary N) is 1. The molecule has 1 N–H and O–H groups in total. The van der Waals surface area contributed by atoms with Crippen LogP contribution in [0.4, 0.5) is 10.1 Å². The van der Waals surface area contributed by atoms with Crippen molar-refractivity contribution in [3.05, 3.63) is 75.5 Å². The van der Waals surface area contributed by atoms with E-state index >= 15 is 0 Å². The lowest BCUT2D eigenvalue weighted by molar-refractivity contribution is -0.123. The molecule has 7 heteroatoms. The Morgan fingerprint density at radius 2 is 1.96 bits per heavy atom. The Bertz CT molecular complexity index is 995. The number of esters is 1. The van der Waals surface area contributed by atoms with E-state index in [-0.39, 0.29) is 5.69 Å². The molecule has 0 spiro atoms. The summed E-state index contributed by atoms with van der Waals surface area (Å²) in [7, 11) is 0. The van der Waals surface area contributed by atoms with Gasteiger partial charge >= 0.3 is 5.97 Å². The second kappa shape index (κ2) is 8.39. The highest BCUT2D eigenvalue weighted by atomic mass is 32.1. The van der Waals surface area contributed by atoms with Gasteiger partial charge in [0.2, 0.25) is 0 Å². The smallest absolute Gasteiger partial charge is 0.340 e. The van der Waals surface area contributed by atoms with Gasteiger partial charge < -0.3 is 14.6 Å². The maximum Gasteiger partial charge on any atom is 0.340 e. The van der Waals surface area contributed by atoms with Gasteiger partial charge in [0.05, 0.1) is 17.8 Å².